The lowest BCUT2D eigenvalue weighted by molar-refractivity contribution is -0.182. The van der Waals surface area contributed by atoms with Crippen molar-refractivity contribution >= 4 is 101 Å². The van der Waals surface area contributed by atoms with E-state index >= 15 is 0 Å². The van der Waals surface area contributed by atoms with Crippen molar-refractivity contribution in [3.8, 4) is 0 Å². The average Bonchev–Trinajstić information content (AvgIpc) is 1.55. The topological polar surface area (TPSA) is 466 Å². The highest BCUT2D eigenvalue weighted by Crippen LogP contribution is 2.67. The quantitative estimate of drug-likeness (QED) is 0.0419. The summed E-state index contributed by atoms with van der Waals surface area (Å²) in [5.74, 6) is -5.65. The monoisotopic (exact) mass is 2070 g/mol. The molecule has 38 atom stereocenters. The molecule has 9 aliphatic heterocycles. The van der Waals surface area contributed by atoms with Gasteiger partial charge in [0.05, 0.1) is 144 Å². The molecule has 0 amide bonds. The second-order valence-electron chi connectivity index (χ2n) is 49.7. The van der Waals surface area contributed by atoms with Gasteiger partial charge in [0.25, 0.3) is 0 Å². The molecule has 12 aliphatic carbocycles. The molecule has 38 unspecified atom stereocenters. The van der Waals surface area contributed by atoms with Gasteiger partial charge in [-0.1, -0.05) is 69.2 Å². The fourth-order valence-electron chi connectivity index (χ4n) is 27.6. The summed E-state index contributed by atoms with van der Waals surface area (Å²) in [4.78, 5) is 205. The summed E-state index contributed by atoms with van der Waals surface area (Å²) in [6, 6.07) is 0. The molecule has 21 rings (SSSR count). The molecule has 0 aromatic carbocycles. The zero-order valence-electron chi connectivity index (χ0n) is 90.2. The highest BCUT2D eigenvalue weighted by atomic mass is 16.7. The molecule has 21 fully saturated rings. The Labute approximate surface area is 862 Å². The maximum atomic E-state index is 12.7. The molecular weight excluding hydrogens is 1910 g/mol. The predicted molar refractivity (Wildman–Crippen MR) is 513 cm³/mol. The fourth-order valence-corrected chi connectivity index (χ4v) is 27.6. The van der Waals surface area contributed by atoms with Gasteiger partial charge in [0.2, 0.25) is 0 Å². The summed E-state index contributed by atoms with van der Waals surface area (Å²) < 4.78 is 103. The maximum absolute atomic E-state index is 12.7. The minimum absolute atomic E-state index is 0.00768. The molecule has 9 saturated heterocycles. The number of carbonyl (C=O) groups excluding carboxylic acids is 17. The number of hydrogen-bond acceptors (Lipinski definition) is 36. The first-order valence-corrected chi connectivity index (χ1v) is 54.6. The van der Waals surface area contributed by atoms with Crippen LogP contribution in [0.4, 0.5) is 0 Å². The molecule has 9 heterocycles. The van der Waals surface area contributed by atoms with Gasteiger partial charge in [0, 0.05) is 52.3 Å². The van der Waals surface area contributed by atoms with Crippen LogP contribution >= 0.6 is 0 Å². The van der Waals surface area contributed by atoms with E-state index in [-0.39, 0.29) is 209 Å². The van der Waals surface area contributed by atoms with Crippen LogP contribution in [0, 0.1) is 168 Å². The van der Waals surface area contributed by atoms with Crippen LogP contribution in [0.25, 0.3) is 0 Å². The number of rotatable bonds is 27. The van der Waals surface area contributed by atoms with Crippen LogP contribution in [0.5, 0.6) is 0 Å². The van der Waals surface area contributed by atoms with E-state index in [9.17, 15) is 81.5 Å². The van der Waals surface area contributed by atoms with E-state index in [1.165, 1.54) is 7.11 Å². The van der Waals surface area contributed by atoms with Gasteiger partial charge in [-0.05, 0) is 248 Å². The van der Waals surface area contributed by atoms with Crippen molar-refractivity contribution in [3.05, 3.63) is 0 Å². The minimum atomic E-state index is -0.646. The summed E-state index contributed by atoms with van der Waals surface area (Å²) in [6.45, 7) is 43.2. The number of cyclic esters (lactones) is 3. The summed E-state index contributed by atoms with van der Waals surface area (Å²) in [7, 11) is 1.31. The Kier molecular flexibility index (Phi) is 32.9. The fraction of sp³-hybridized carbons (Fsp3) is 0.847. The van der Waals surface area contributed by atoms with E-state index < -0.39 is 124 Å². The third kappa shape index (κ3) is 21.4. The van der Waals surface area contributed by atoms with Crippen molar-refractivity contribution in [2.24, 2.45) is 168 Å². The summed E-state index contributed by atoms with van der Waals surface area (Å²) in [5.41, 5.74) is -2.94. The van der Waals surface area contributed by atoms with Crippen LogP contribution < -0.4 is 0 Å². The van der Waals surface area contributed by atoms with Gasteiger partial charge in [0.15, 0.2) is 19.0 Å². The Morgan fingerprint density at radius 1 is 0.395 bits per heavy atom. The standard InChI is InChI=1S/C20H30O7.C17H24O6.C16H22O6.3C15H22O4.C13H18O5/c1-7-20(5,6)18(23)27-15-10-8-11-13(17(22)26-14(11)15)12(10)16(21)24-9-25-19(2,3)4;1-5-17(3,4)16(20)23-13-8-7-9-11(15(19)22-12(9)13)10(8)14(18)21-6-2;1-5-16(2,3)15(19)22-12-7-6-8-10(9(7)13(17)20-4)14(18)21-11(8)12;1-3-9(2)14(17)19-12-5-11-4-10(12)6-15(11)7-13(16)18-8-15;1-3-9(2)14(17)19-12-5-10-4-11(12)15(6-10)7-13(16)18-8-15;1-3-9(2)13(16)19-12-7-11-6-10(12)8-15(11)4-5-18-14(15)17;1-4-13(2,3)12(15)18-9-7-5-6-8(16-7)10(9)17-11(6)14/h10-15H,7-9H2,1-6H3;8-13H,5-7H2,1-4H3;7-12H,5-6H2,1-4H3;3*9-12H,3-8H2,1-2H3;6-10H,4-5H2,1-3H3. The largest absolute Gasteiger partial charge is 0.469 e. The van der Waals surface area contributed by atoms with E-state index in [0.717, 1.165) is 83.5 Å². The normalized spacial score (nSPS) is 39.2. The van der Waals surface area contributed by atoms with Crippen LogP contribution in [0.3, 0.4) is 0 Å². The van der Waals surface area contributed by atoms with Crippen molar-refractivity contribution < 1.29 is 172 Å². The zero-order valence-corrected chi connectivity index (χ0v) is 90.2. The van der Waals surface area contributed by atoms with Crippen molar-refractivity contribution in [2.75, 3.05) is 40.3 Å². The Morgan fingerprint density at radius 3 is 1.16 bits per heavy atom. The number of carbonyl (C=O) groups is 17. The third-order valence-electron chi connectivity index (χ3n) is 38.5. The molecular formula is C111H160O36. The van der Waals surface area contributed by atoms with E-state index in [1.54, 1.807) is 6.92 Å². The van der Waals surface area contributed by atoms with Gasteiger partial charge in [0.1, 0.15) is 61.0 Å². The molecule has 12 saturated carbocycles. The molecule has 0 aromatic rings. The minimum Gasteiger partial charge on any atom is -0.469 e. The first-order valence-electron chi connectivity index (χ1n) is 54.6. The number of methoxy groups -OCH3 is 1. The molecule has 36 heteroatoms. The third-order valence-corrected chi connectivity index (χ3v) is 38.5. The van der Waals surface area contributed by atoms with E-state index in [0.29, 0.717) is 120 Å². The number of ether oxygens (including phenoxy) is 19. The molecule has 36 nitrogen and oxygen atoms in total. The van der Waals surface area contributed by atoms with Crippen molar-refractivity contribution in [1.29, 1.82) is 0 Å². The lowest BCUT2D eigenvalue weighted by atomic mass is 9.71. The highest BCUT2D eigenvalue weighted by molar-refractivity contribution is 5.90. The zero-order chi connectivity index (χ0) is 107. The molecule has 0 radical (unpaired) electrons. The Morgan fingerprint density at radius 2 is 0.796 bits per heavy atom. The van der Waals surface area contributed by atoms with E-state index in [2.05, 4.69) is 0 Å². The average molecular weight is 2070 g/mol. The lowest BCUT2D eigenvalue weighted by Gasteiger charge is -2.36. The molecule has 21 aliphatic rings. The summed E-state index contributed by atoms with van der Waals surface area (Å²) >= 11 is 0. The van der Waals surface area contributed by atoms with Gasteiger partial charge < -0.3 is 90.0 Å². The number of esters is 17. The van der Waals surface area contributed by atoms with Crippen molar-refractivity contribution in [1.82, 2.24) is 0 Å². The maximum Gasteiger partial charge on any atom is 0.312 e. The van der Waals surface area contributed by atoms with Crippen LogP contribution in [0.1, 0.15) is 300 Å². The molecule has 0 aromatic heterocycles. The van der Waals surface area contributed by atoms with Gasteiger partial charge in [-0.15, -0.1) is 0 Å². The Balaban J connectivity index is 0.000000129. The Bertz CT molecular complexity index is 5000. The number of fused-ring (bicyclic) bond motifs is 13. The smallest absolute Gasteiger partial charge is 0.312 e. The summed E-state index contributed by atoms with van der Waals surface area (Å²) in [6.07, 6.45) is 14.5. The van der Waals surface area contributed by atoms with E-state index in [4.69, 9.17) is 90.0 Å². The summed E-state index contributed by atoms with van der Waals surface area (Å²) in [5, 5.41) is 0. The van der Waals surface area contributed by atoms with Crippen LogP contribution in [0.15, 0.2) is 0 Å². The molecule has 14 bridgehead atoms. The Hall–Kier alpha value is -9.09. The molecule has 0 N–H and O–H groups in total. The predicted octanol–water partition coefficient (Wildman–Crippen LogP) is 13.4. The van der Waals surface area contributed by atoms with Crippen molar-refractivity contribution in [2.45, 2.75) is 385 Å². The van der Waals surface area contributed by atoms with Crippen molar-refractivity contribution in [3.63, 3.8) is 0 Å². The van der Waals surface area contributed by atoms with Crippen LogP contribution in [0.2, 0.25) is 0 Å². The highest BCUT2D eigenvalue weighted by Gasteiger charge is 2.75. The first kappa shape index (κ1) is 112. The molecule has 147 heavy (non-hydrogen) atoms. The lowest BCUT2D eigenvalue weighted by Crippen LogP contribution is -2.45. The molecule has 3 spiro atoms. The number of hydrogen-bond donors (Lipinski definition) is 0. The van der Waals surface area contributed by atoms with Gasteiger partial charge >= 0.3 is 101 Å². The molecule has 820 valence electrons. The van der Waals surface area contributed by atoms with E-state index in [1.807, 2.05) is 145 Å². The second kappa shape index (κ2) is 43.2. The van der Waals surface area contributed by atoms with Gasteiger partial charge in [-0.25, -0.2) is 0 Å². The second-order valence-corrected chi connectivity index (χ2v) is 49.7. The van der Waals surface area contributed by atoms with Gasteiger partial charge in [-0.3, -0.25) is 81.5 Å². The SMILES string of the molecule is CCC(C)(C)C(=O)OC1C2CC3C(=O)OC1C3O2.CCC(C)(C)C(=O)OC1C2CC3C1OC(=O)C3C2C(=O)OC.CCC(C)(C)C(=O)OC1C2CC3C1OC(=O)C3C2C(=O)OCOC(C)(C)C.CCC(C)C(=O)OC1CC2CC1C1(COC(=O)C1)C2.CCC(C)C(=O)OC1CC2CC1CC21CCOC1=O.CCC(C)C(=O)OC1CC2CC1CC21COC(=O)C1.CCOC(=O)C1C2CC3C(OC(=O)C31)C2OC(=O)C(C)(C)CC. The first-order chi connectivity index (χ1) is 69.2. The van der Waals surface area contributed by atoms with Gasteiger partial charge in [-0.2, -0.15) is 0 Å². The van der Waals surface area contributed by atoms with Crippen LogP contribution in [-0.4, -0.2) is 227 Å². The van der Waals surface area contributed by atoms with Crippen LogP contribution in [-0.2, 0) is 172 Å².